The van der Waals surface area contributed by atoms with Crippen molar-refractivity contribution < 1.29 is 5.11 Å². The van der Waals surface area contributed by atoms with Gasteiger partial charge in [0.25, 0.3) is 0 Å². The first-order valence-corrected chi connectivity index (χ1v) is 9.70. The minimum absolute atomic E-state index is 0.0264. The lowest BCUT2D eigenvalue weighted by atomic mass is 9.77. The largest absolute Gasteiger partial charge is 0.391 e. The maximum absolute atomic E-state index is 10.6. The van der Waals surface area contributed by atoms with Crippen molar-refractivity contribution in [2.45, 2.75) is 44.8 Å². The number of hydrogen-bond acceptors (Lipinski definition) is 8. The third-order valence-corrected chi connectivity index (χ3v) is 6.52. The van der Waals surface area contributed by atoms with Gasteiger partial charge in [0.15, 0.2) is 0 Å². The number of nitrogens with zero attached hydrogens (tertiary/aromatic N) is 5. The van der Waals surface area contributed by atoms with Gasteiger partial charge in [-0.25, -0.2) is 4.98 Å². The lowest BCUT2D eigenvalue weighted by molar-refractivity contribution is 0.0737. The van der Waals surface area contributed by atoms with Crippen molar-refractivity contribution in [1.29, 1.82) is 0 Å². The quantitative estimate of drug-likeness (QED) is 0.864. The second-order valence-electron chi connectivity index (χ2n) is 7.38. The lowest BCUT2D eigenvalue weighted by Gasteiger charge is -2.35. The van der Waals surface area contributed by atoms with Gasteiger partial charge in [-0.15, -0.1) is 10.2 Å². The van der Waals surface area contributed by atoms with Crippen LogP contribution in [0.2, 0.25) is 0 Å². The molecule has 0 spiro atoms. The van der Waals surface area contributed by atoms with Crippen LogP contribution in [0.5, 0.6) is 0 Å². The molecule has 2 aromatic heterocycles. The molecule has 25 heavy (non-hydrogen) atoms. The predicted octanol–water partition coefficient (Wildman–Crippen LogP) is 2.14. The van der Waals surface area contributed by atoms with Gasteiger partial charge in [0, 0.05) is 31.4 Å². The summed E-state index contributed by atoms with van der Waals surface area (Å²) in [6.45, 7) is 6.25. The summed E-state index contributed by atoms with van der Waals surface area (Å²) in [4.78, 5) is 10.7. The normalized spacial score (nSPS) is 29.0. The van der Waals surface area contributed by atoms with Crippen LogP contribution in [0.15, 0.2) is 18.6 Å². The molecular weight excluding hydrogens is 336 g/mol. The fourth-order valence-corrected chi connectivity index (χ4v) is 4.76. The van der Waals surface area contributed by atoms with Crippen molar-refractivity contribution in [2.75, 3.05) is 23.3 Å². The Morgan fingerprint density at radius 2 is 2.00 bits per heavy atom. The summed E-state index contributed by atoms with van der Waals surface area (Å²) in [5.41, 5.74) is 0. The average Bonchev–Trinajstić information content (AvgIpc) is 3.22. The van der Waals surface area contributed by atoms with E-state index in [1.807, 2.05) is 0 Å². The monoisotopic (exact) mass is 360 g/mol. The van der Waals surface area contributed by atoms with E-state index in [1.165, 1.54) is 0 Å². The first-order chi connectivity index (χ1) is 12.1. The molecule has 2 N–H and O–H groups in total. The number of nitrogens with one attached hydrogen (secondary N) is 1. The van der Waals surface area contributed by atoms with E-state index in [4.69, 9.17) is 0 Å². The first-order valence-electron chi connectivity index (χ1n) is 8.89. The van der Waals surface area contributed by atoms with E-state index in [9.17, 15) is 5.11 Å². The molecular formula is C17H24N6OS. The van der Waals surface area contributed by atoms with Crippen molar-refractivity contribution in [2.24, 2.45) is 11.8 Å². The Bertz CT molecular complexity index is 708. The van der Waals surface area contributed by atoms with Gasteiger partial charge >= 0.3 is 0 Å². The van der Waals surface area contributed by atoms with E-state index in [2.05, 4.69) is 44.2 Å². The fraction of sp³-hybridized carbons (Fsp3) is 0.647. The first kappa shape index (κ1) is 16.7. The number of hydrogen-bond donors (Lipinski definition) is 2. The molecule has 4 rings (SSSR count). The molecule has 3 heterocycles. The highest BCUT2D eigenvalue weighted by atomic mass is 32.1. The smallest absolute Gasteiger partial charge is 0.208 e. The number of aromatic nitrogens is 4. The second-order valence-corrected chi connectivity index (χ2v) is 8.37. The summed E-state index contributed by atoms with van der Waals surface area (Å²) in [5.74, 6) is 2.22. The minimum atomic E-state index is -0.358. The number of fused-ring (bicyclic) bond motifs is 1. The zero-order valence-corrected chi connectivity index (χ0v) is 15.4. The van der Waals surface area contributed by atoms with Gasteiger partial charge in [0.05, 0.1) is 18.3 Å². The summed E-state index contributed by atoms with van der Waals surface area (Å²) < 4.78 is 0. The van der Waals surface area contributed by atoms with Crippen LogP contribution < -0.4 is 10.2 Å². The van der Waals surface area contributed by atoms with E-state index in [-0.39, 0.29) is 12.1 Å². The van der Waals surface area contributed by atoms with Gasteiger partial charge in [-0.3, -0.25) is 4.98 Å². The molecule has 0 unspecified atom stereocenters. The zero-order chi connectivity index (χ0) is 17.4. The van der Waals surface area contributed by atoms with Crippen molar-refractivity contribution in [3.8, 4) is 0 Å². The Hall–Kier alpha value is -1.80. The van der Waals surface area contributed by atoms with Crippen LogP contribution >= 0.6 is 11.3 Å². The zero-order valence-electron chi connectivity index (χ0n) is 14.5. The van der Waals surface area contributed by atoms with Crippen molar-refractivity contribution in [1.82, 2.24) is 20.2 Å². The molecule has 1 saturated carbocycles. The molecule has 2 aromatic rings. The highest BCUT2D eigenvalue weighted by Crippen LogP contribution is 2.40. The van der Waals surface area contributed by atoms with Gasteiger partial charge in [-0.1, -0.05) is 25.2 Å². The second kappa shape index (κ2) is 6.84. The molecule has 1 aliphatic heterocycles. The maximum Gasteiger partial charge on any atom is 0.208 e. The van der Waals surface area contributed by atoms with Crippen LogP contribution in [0.25, 0.3) is 0 Å². The van der Waals surface area contributed by atoms with Gasteiger partial charge in [-0.2, -0.15) is 0 Å². The number of anilines is 2. The summed E-state index contributed by atoms with van der Waals surface area (Å²) in [6.07, 6.45) is 6.42. The van der Waals surface area contributed by atoms with E-state index < -0.39 is 0 Å². The summed E-state index contributed by atoms with van der Waals surface area (Å²) in [5, 5.41) is 24.7. The molecule has 2 fully saturated rings. The fourth-order valence-electron chi connectivity index (χ4n) is 3.89. The minimum Gasteiger partial charge on any atom is -0.391 e. The Kier molecular flexibility index (Phi) is 4.56. The van der Waals surface area contributed by atoms with E-state index >= 15 is 0 Å². The summed E-state index contributed by atoms with van der Waals surface area (Å²) >= 11 is 1.70. The van der Waals surface area contributed by atoms with Gasteiger partial charge in [0.2, 0.25) is 5.13 Å². The third-order valence-electron chi connectivity index (χ3n) is 5.23. The number of aliphatic hydroxyl groups excluding tert-OH is 1. The van der Waals surface area contributed by atoms with E-state index in [0.29, 0.717) is 17.8 Å². The van der Waals surface area contributed by atoms with Crippen LogP contribution in [0.4, 0.5) is 10.9 Å². The molecule has 0 radical (unpaired) electrons. The molecule has 7 nitrogen and oxygen atoms in total. The van der Waals surface area contributed by atoms with Crippen LogP contribution in [-0.4, -0.2) is 50.5 Å². The molecule has 2 aliphatic rings. The van der Waals surface area contributed by atoms with Gasteiger partial charge in [-0.05, 0) is 24.7 Å². The predicted molar refractivity (Wildman–Crippen MR) is 97.9 cm³/mol. The SMILES string of the molecule is CC(C)c1nnc(N2C[C@H]3C[C@@H](Nc4cnccn4)[C@H](O)C[C@H]3C2)s1. The summed E-state index contributed by atoms with van der Waals surface area (Å²) in [7, 11) is 0. The number of aliphatic hydroxyl groups is 1. The molecule has 0 amide bonds. The Balaban J connectivity index is 1.42. The molecule has 1 aliphatic carbocycles. The Morgan fingerprint density at radius 3 is 2.68 bits per heavy atom. The van der Waals surface area contributed by atoms with Crippen molar-refractivity contribution in [3.05, 3.63) is 23.6 Å². The number of rotatable bonds is 4. The van der Waals surface area contributed by atoms with Gasteiger partial charge < -0.3 is 15.3 Å². The van der Waals surface area contributed by atoms with E-state index in [1.54, 1.807) is 29.9 Å². The maximum atomic E-state index is 10.6. The molecule has 0 bridgehead atoms. The Labute approximate surface area is 151 Å². The van der Waals surface area contributed by atoms with Crippen molar-refractivity contribution >= 4 is 22.3 Å². The summed E-state index contributed by atoms with van der Waals surface area (Å²) in [6, 6.07) is 0.0264. The topological polar surface area (TPSA) is 87.1 Å². The average molecular weight is 360 g/mol. The third kappa shape index (κ3) is 3.46. The molecule has 4 atom stereocenters. The van der Waals surface area contributed by atoms with E-state index in [0.717, 1.165) is 41.9 Å². The highest BCUT2D eigenvalue weighted by molar-refractivity contribution is 7.15. The van der Waals surface area contributed by atoms with Crippen molar-refractivity contribution in [3.63, 3.8) is 0 Å². The van der Waals surface area contributed by atoms with Crippen LogP contribution in [0, 0.1) is 11.8 Å². The highest BCUT2D eigenvalue weighted by Gasteiger charge is 2.42. The van der Waals surface area contributed by atoms with Crippen LogP contribution in [-0.2, 0) is 0 Å². The lowest BCUT2D eigenvalue weighted by Crippen LogP contribution is -2.43. The molecule has 1 saturated heterocycles. The van der Waals surface area contributed by atoms with Crippen LogP contribution in [0.3, 0.4) is 0 Å². The van der Waals surface area contributed by atoms with Gasteiger partial charge in [0.1, 0.15) is 10.8 Å². The molecule has 0 aromatic carbocycles. The Morgan fingerprint density at radius 1 is 1.20 bits per heavy atom. The standard InChI is InChI=1S/C17H24N6OS/c1-10(2)16-21-22-17(25-16)23-8-11-5-13(14(24)6-12(11)9-23)20-15-7-18-3-4-19-15/h3-4,7,10-14,24H,5-6,8-9H2,1-2H3,(H,19,20)/t11-,12+,13-,14-/m1/s1. The molecule has 134 valence electrons. The molecule has 8 heteroatoms. The van der Waals surface area contributed by atoms with Crippen LogP contribution in [0.1, 0.15) is 37.6 Å².